The van der Waals surface area contributed by atoms with Crippen LogP contribution in [0.1, 0.15) is 29.8 Å². The zero-order chi connectivity index (χ0) is 18.4. The maximum Gasteiger partial charge on any atom is 0.254 e. The Kier molecular flexibility index (Phi) is 6.07. The Labute approximate surface area is 154 Å². The minimum atomic E-state index is 0.0284. The lowest BCUT2D eigenvalue weighted by Crippen LogP contribution is -2.52. The minimum absolute atomic E-state index is 0.0284. The fraction of sp³-hybridized carbons (Fsp3) is 0.400. The van der Waals surface area contributed by atoms with E-state index in [2.05, 4.69) is 17.2 Å². The van der Waals surface area contributed by atoms with Gasteiger partial charge in [0.05, 0.1) is 6.61 Å². The number of nitrogens with one attached hydrogen (secondary N) is 1. The Balaban J connectivity index is 1.76. The van der Waals surface area contributed by atoms with Crippen LogP contribution in [0.25, 0.3) is 0 Å². The summed E-state index contributed by atoms with van der Waals surface area (Å²) in [5.41, 5.74) is 1.65. The highest BCUT2D eigenvalue weighted by Gasteiger charge is 2.24. The van der Waals surface area contributed by atoms with Gasteiger partial charge in [-0.1, -0.05) is 0 Å². The molecule has 1 saturated heterocycles. The van der Waals surface area contributed by atoms with Gasteiger partial charge in [0.25, 0.3) is 5.91 Å². The number of rotatable bonds is 6. The number of hydrogen-bond acceptors (Lipinski definition) is 5. The van der Waals surface area contributed by atoms with Gasteiger partial charge in [0.15, 0.2) is 11.5 Å². The molecule has 1 atom stereocenters. The quantitative estimate of drug-likeness (QED) is 0.863. The van der Waals surface area contributed by atoms with Crippen molar-refractivity contribution in [1.82, 2.24) is 15.2 Å². The molecule has 1 amide bonds. The fourth-order valence-corrected chi connectivity index (χ4v) is 2.98. The highest BCUT2D eigenvalue weighted by Crippen LogP contribution is 2.30. The normalized spacial score (nSPS) is 17.0. The zero-order valence-corrected chi connectivity index (χ0v) is 15.3. The summed E-state index contributed by atoms with van der Waals surface area (Å²) in [6.07, 6.45) is 3.47. The third kappa shape index (κ3) is 4.32. The Bertz CT molecular complexity index is 736. The number of pyridine rings is 1. The Morgan fingerprint density at radius 3 is 2.77 bits per heavy atom. The molecule has 6 heteroatoms. The van der Waals surface area contributed by atoms with Crippen molar-refractivity contribution in [1.29, 1.82) is 0 Å². The van der Waals surface area contributed by atoms with Crippen LogP contribution in [0.5, 0.6) is 11.5 Å². The van der Waals surface area contributed by atoms with Gasteiger partial charge < -0.3 is 19.7 Å². The predicted molar refractivity (Wildman–Crippen MR) is 99.5 cm³/mol. The Morgan fingerprint density at radius 1 is 1.23 bits per heavy atom. The second-order valence-electron chi connectivity index (χ2n) is 6.29. The molecule has 1 N–H and O–H groups in total. The van der Waals surface area contributed by atoms with Gasteiger partial charge in [-0.25, -0.2) is 0 Å². The van der Waals surface area contributed by atoms with Gasteiger partial charge in [-0.05, 0) is 49.7 Å². The molecule has 1 fully saturated rings. The van der Waals surface area contributed by atoms with E-state index in [0.717, 1.165) is 18.7 Å². The number of carbonyl (C=O) groups is 1. The van der Waals surface area contributed by atoms with Crippen LogP contribution in [0.4, 0.5) is 0 Å². The first kappa shape index (κ1) is 18.2. The predicted octanol–water partition coefficient (Wildman–Crippen LogP) is 2.49. The molecule has 1 aromatic carbocycles. The average molecular weight is 355 g/mol. The molecule has 0 saturated carbocycles. The summed E-state index contributed by atoms with van der Waals surface area (Å²) in [4.78, 5) is 18.8. The summed E-state index contributed by atoms with van der Waals surface area (Å²) in [6.45, 7) is 7.25. The van der Waals surface area contributed by atoms with E-state index >= 15 is 0 Å². The third-order valence-electron chi connectivity index (χ3n) is 4.40. The second kappa shape index (κ2) is 8.67. The lowest BCUT2D eigenvalue weighted by Gasteiger charge is -2.34. The first-order chi connectivity index (χ1) is 12.7. The SMILES string of the molecule is CCOc1cc(C(=O)N2CCNC[C@H]2C)ccc1OCc1ccncc1. The molecule has 0 unspecified atom stereocenters. The number of aromatic nitrogens is 1. The molecule has 3 rings (SSSR count). The van der Waals surface area contributed by atoms with Crippen molar-refractivity contribution in [3.63, 3.8) is 0 Å². The number of carbonyl (C=O) groups excluding carboxylic acids is 1. The van der Waals surface area contributed by atoms with Gasteiger partial charge >= 0.3 is 0 Å². The molecule has 0 aliphatic carbocycles. The molecule has 1 aromatic heterocycles. The molecule has 6 nitrogen and oxygen atoms in total. The maximum atomic E-state index is 12.9. The molecule has 26 heavy (non-hydrogen) atoms. The average Bonchev–Trinajstić information content (AvgIpc) is 2.68. The maximum absolute atomic E-state index is 12.9. The van der Waals surface area contributed by atoms with Crippen LogP contribution in [0, 0.1) is 0 Å². The van der Waals surface area contributed by atoms with E-state index in [0.29, 0.717) is 36.8 Å². The fourth-order valence-electron chi connectivity index (χ4n) is 2.98. The molecule has 1 aliphatic rings. The number of amides is 1. The number of piperazine rings is 1. The standard InChI is InChI=1S/C20H25N3O3/c1-3-25-19-12-17(20(24)23-11-10-22-13-15(23)2)4-5-18(19)26-14-16-6-8-21-9-7-16/h4-9,12,15,22H,3,10-11,13-14H2,1-2H3/t15-/m1/s1. The summed E-state index contributed by atoms with van der Waals surface area (Å²) in [5.74, 6) is 1.25. The van der Waals surface area contributed by atoms with E-state index in [1.54, 1.807) is 18.5 Å². The van der Waals surface area contributed by atoms with Crippen LogP contribution in [0.2, 0.25) is 0 Å². The minimum Gasteiger partial charge on any atom is -0.490 e. The van der Waals surface area contributed by atoms with Crippen molar-refractivity contribution in [3.05, 3.63) is 53.9 Å². The molecule has 0 spiro atoms. The number of benzene rings is 1. The smallest absolute Gasteiger partial charge is 0.254 e. The van der Waals surface area contributed by atoms with E-state index in [1.807, 2.05) is 36.1 Å². The van der Waals surface area contributed by atoms with E-state index < -0.39 is 0 Å². The first-order valence-corrected chi connectivity index (χ1v) is 8.99. The molecule has 0 radical (unpaired) electrons. The van der Waals surface area contributed by atoms with Gasteiger partial charge in [0, 0.05) is 43.6 Å². The summed E-state index contributed by atoms with van der Waals surface area (Å²) in [7, 11) is 0. The van der Waals surface area contributed by atoms with E-state index in [4.69, 9.17) is 9.47 Å². The Hall–Kier alpha value is -2.60. The topological polar surface area (TPSA) is 63.7 Å². The van der Waals surface area contributed by atoms with Crippen LogP contribution in [-0.4, -0.2) is 48.1 Å². The van der Waals surface area contributed by atoms with Crippen LogP contribution < -0.4 is 14.8 Å². The molecule has 2 aromatic rings. The monoisotopic (exact) mass is 355 g/mol. The molecule has 0 bridgehead atoms. The molecular formula is C20H25N3O3. The van der Waals surface area contributed by atoms with Crippen molar-refractivity contribution < 1.29 is 14.3 Å². The largest absolute Gasteiger partial charge is 0.490 e. The van der Waals surface area contributed by atoms with Crippen molar-refractivity contribution >= 4 is 5.91 Å². The number of ether oxygens (including phenoxy) is 2. The van der Waals surface area contributed by atoms with Gasteiger partial charge in [-0.2, -0.15) is 0 Å². The van der Waals surface area contributed by atoms with E-state index in [-0.39, 0.29) is 11.9 Å². The Morgan fingerprint density at radius 2 is 2.04 bits per heavy atom. The molecule has 138 valence electrons. The number of hydrogen-bond donors (Lipinski definition) is 1. The van der Waals surface area contributed by atoms with Crippen LogP contribution in [0.3, 0.4) is 0 Å². The van der Waals surface area contributed by atoms with Crippen LogP contribution in [0.15, 0.2) is 42.7 Å². The van der Waals surface area contributed by atoms with Crippen molar-refractivity contribution in [2.24, 2.45) is 0 Å². The second-order valence-corrected chi connectivity index (χ2v) is 6.29. The molecule has 2 heterocycles. The molecular weight excluding hydrogens is 330 g/mol. The number of nitrogens with zero attached hydrogens (tertiary/aromatic N) is 2. The highest BCUT2D eigenvalue weighted by atomic mass is 16.5. The van der Waals surface area contributed by atoms with Gasteiger partial charge in [-0.3, -0.25) is 9.78 Å². The van der Waals surface area contributed by atoms with Gasteiger partial charge in [-0.15, -0.1) is 0 Å². The summed E-state index contributed by atoms with van der Waals surface area (Å²) in [6, 6.07) is 9.39. The van der Waals surface area contributed by atoms with Crippen molar-refractivity contribution in [2.45, 2.75) is 26.5 Å². The van der Waals surface area contributed by atoms with E-state index in [9.17, 15) is 4.79 Å². The van der Waals surface area contributed by atoms with Crippen LogP contribution in [-0.2, 0) is 6.61 Å². The first-order valence-electron chi connectivity index (χ1n) is 8.99. The lowest BCUT2D eigenvalue weighted by atomic mass is 10.1. The van der Waals surface area contributed by atoms with Crippen molar-refractivity contribution in [2.75, 3.05) is 26.2 Å². The lowest BCUT2D eigenvalue weighted by molar-refractivity contribution is 0.0655. The van der Waals surface area contributed by atoms with Crippen molar-refractivity contribution in [3.8, 4) is 11.5 Å². The van der Waals surface area contributed by atoms with Gasteiger partial charge in [0.2, 0.25) is 0 Å². The third-order valence-corrected chi connectivity index (χ3v) is 4.40. The summed E-state index contributed by atoms with van der Waals surface area (Å²) < 4.78 is 11.6. The molecule has 1 aliphatic heterocycles. The summed E-state index contributed by atoms with van der Waals surface area (Å²) >= 11 is 0. The zero-order valence-electron chi connectivity index (χ0n) is 15.3. The van der Waals surface area contributed by atoms with E-state index in [1.165, 1.54) is 0 Å². The summed E-state index contributed by atoms with van der Waals surface area (Å²) in [5, 5.41) is 3.30. The van der Waals surface area contributed by atoms with Crippen LogP contribution >= 0.6 is 0 Å². The highest BCUT2D eigenvalue weighted by molar-refractivity contribution is 5.95. The van der Waals surface area contributed by atoms with Gasteiger partial charge in [0.1, 0.15) is 6.61 Å².